The third-order valence-electron chi connectivity index (χ3n) is 5.35. The number of benzene rings is 2. The van der Waals surface area contributed by atoms with Crippen molar-refractivity contribution in [2.45, 2.75) is 17.5 Å². The van der Waals surface area contributed by atoms with Crippen molar-refractivity contribution in [2.24, 2.45) is 4.40 Å². The van der Waals surface area contributed by atoms with Gasteiger partial charge < -0.3 is 4.42 Å². The first kappa shape index (κ1) is 24.8. The Labute approximate surface area is 213 Å². The van der Waals surface area contributed by atoms with Crippen molar-refractivity contribution in [1.29, 1.82) is 0 Å². The normalized spacial score (nSPS) is 15.9. The third-order valence-corrected chi connectivity index (χ3v) is 7.69. The van der Waals surface area contributed by atoms with Crippen molar-refractivity contribution in [3.63, 3.8) is 0 Å². The summed E-state index contributed by atoms with van der Waals surface area (Å²) in [5, 5.41) is 3.67. The molecule has 1 aliphatic rings. The Morgan fingerprint density at radius 1 is 0.973 bits per heavy atom. The Balaban J connectivity index is 1.50. The SMILES string of the molecule is O=C1CCS/C(=N\S(=O)(=O)c2ccc(-n3nc(C(F)(F)F)cc3-c3ccco3)cc2)N1c1ccccc1. The molecule has 1 aliphatic heterocycles. The number of hydrogen-bond donors (Lipinski definition) is 0. The molecular formula is C24H17F3N4O4S2. The van der Waals surface area contributed by atoms with Crippen LogP contribution < -0.4 is 4.90 Å². The molecule has 5 rings (SSSR count). The van der Waals surface area contributed by atoms with Gasteiger partial charge in [-0.15, -0.1) is 4.40 Å². The standard InChI is InChI=1S/C24H17F3N4O4S2/c25-24(26,27)21-15-19(20-7-4-13-35-20)31(28-21)17-8-10-18(11-9-17)37(33,34)29-23-30(22(32)12-14-36-23)16-5-2-1-3-6-16/h1-11,13,15H,12,14H2/b29-23-. The number of amidine groups is 1. The Hall–Kier alpha value is -3.84. The molecule has 8 nitrogen and oxygen atoms in total. The van der Waals surface area contributed by atoms with Gasteiger partial charge in [0.15, 0.2) is 16.6 Å². The molecule has 0 bridgehead atoms. The van der Waals surface area contributed by atoms with Crippen LogP contribution in [0.15, 0.2) is 92.8 Å². The number of rotatable bonds is 5. The number of carbonyl (C=O) groups is 1. The van der Waals surface area contributed by atoms with E-state index in [4.69, 9.17) is 4.42 Å². The molecular weight excluding hydrogens is 529 g/mol. The lowest BCUT2D eigenvalue weighted by molar-refractivity contribution is -0.141. The molecule has 190 valence electrons. The smallest absolute Gasteiger partial charge is 0.435 e. The third kappa shape index (κ3) is 5.04. The number of amides is 1. The molecule has 1 saturated heterocycles. The highest BCUT2D eigenvalue weighted by Gasteiger charge is 2.36. The van der Waals surface area contributed by atoms with E-state index in [1.54, 1.807) is 30.3 Å². The first-order valence-electron chi connectivity index (χ1n) is 10.8. The highest BCUT2D eigenvalue weighted by Crippen LogP contribution is 2.34. The van der Waals surface area contributed by atoms with Crippen LogP contribution in [0, 0.1) is 0 Å². The van der Waals surface area contributed by atoms with Gasteiger partial charge in [-0.1, -0.05) is 30.0 Å². The van der Waals surface area contributed by atoms with Crippen LogP contribution in [0.25, 0.3) is 17.1 Å². The maximum Gasteiger partial charge on any atom is 0.435 e. The number of hydrogen-bond acceptors (Lipinski definition) is 6. The van der Waals surface area contributed by atoms with Gasteiger partial charge in [-0.05, 0) is 48.5 Å². The van der Waals surface area contributed by atoms with Gasteiger partial charge in [0.2, 0.25) is 5.91 Å². The average molecular weight is 547 g/mol. The molecule has 2 aromatic heterocycles. The second-order valence-electron chi connectivity index (χ2n) is 7.81. The molecule has 0 aliphatic carbocycles. The molecule has 13 heteroatoms. The van der Waals surface area contributed by atoms with Gasteiger partial charge in [0, 0.05) is 18.2 Å². The summed E-state index contributed by atoms with van der Waals surface area (Å²) in [6, 6.07) is 17.5. The van der Waals surface area contributed by atoms with Gasteiger partial charge in [0.05, 0.1) is 22.5 Å². The molecule has 3 heterocycles. The number of alkyl halides is 3. The quantitative estimate of drug-likeness (QED) is 0.334. The van der Waals surface area contributed by atoms with Gasteiger partial charge in [-0.3, -0.25) is 9.69 Å². The van der Waals surface area contributed by atoms with Crippen LogP contribution in [-0.4, -0.2) is 35.0 Å². The van der Waals surface area contributed by atoms with E-state index in [-0.39, 0.29) is 39.5 Å². The number of anilines is 1. The fraction of sp³-hybridized carbons (Fsp3) is 0.125. The van der Waals surface area contributed by atoms with Gasteiger partial charge in [0.1, 0.15) is 5.69 Å². The molecule has 37 heavy (non-hydrogen) atoms. The summed E-state index contributed by atoms with van der Waals surface area (Å²) in [4.78, 5) is 13.6. The number of aromatic nitrogens is 2. The zero-order valence-electron chi connectivity index (χ0n) is 18.8. The first-order valence-corrected chi connectivity index (χ1v) is 13.2. The lowest BCUT2D eigenvalue weighted by Crippen LogP contribution is -2.39. The van der Waals surface area contributed by atoms with E-state index in [0.717, 1.165) is 22.5 Å². The van der Waals surface area contributed by atoms with Crippen LogP contribution in [0.2, 0.25) is 0 Å². The van der Waals surface area contributed by atoms with Gasteiger partial charge in [0.25, 0.3) is 10.0 Å². The number of halogens is 3. The van der Waals surface area contributed by atoms with Crippen LogP contribution in [0.4, 0.5) is 18.9 Å². The Kier molecular flexibility index (Phi) is 6.42. The summed E-state index contributed by atoms with van der Waals surface area (Å²) in [5.74, 6) is 0.260. The van der Waals surface area contributed by atoms with Crippen molar-refractivity contribution in [1.82, 2.24) is 9.78 Å². The van der Waals surface area contributed by atoms with E-state index in [1.165, 1.54) is 47.6 Å². The minimum atomic E-state index is -4.69. The molecule has 0 spiro atoms. The van der Waals surface area contributed by atoms with Crippen LogP contribution >= 0.6 is 11.8 Å². The van der Waals surface area contributed by atoms with E-state index < -0.39 is 21.9 Å². The summed E-state index contributed by atoms with van der Waals surface area (Å²) in [5.41, 5.74) is -0.402. The largest absolute Gasteiger partial charge is 0.463 e. The van der Waals surface area contributed by atoms with Crippen molar-refractivity contribution in [3.8, 4) is 17.1 Å². The number of furan rings is 1. The zero-order valence-corrected chi connectivity index (χ0v) is 20.4. The van der Waals surface area contributed by atoms with Crippen LogP contribution in [0.5, 0.6) is 0 Å². The maximum absolute atomic E-state index is 13.3. The van der Waals surface area contributed by atoms with E-state index in [2.05, 4.69) is 9.50 Å². The number of para-hydroxylation sites is 1. The van der Waals surface area contributed by atoms with E-state index in [0.29, 0.717) is 11.4 Å². The summed E-state index contributed by atoms with van der Waals surface area (Å²) < 4.78 is 76.4. The summed E-state index contributed by atoms with van der Waals surface area (Å²) >= 11 is 1.14. The molecule has 1 amide bonds. The highest BCUT2D eigenvalue weighted by atomic mass is 32.2. The molecule has 0 N–H and O–H groups in total. The first-order chi connectivity index (χ1) is 17.6. The van der Waals surface area contributed by atoms with Gasteiger partial charge in [-0.2, -0.15) is 26.7 Å². The summed E-state index contributed by atoms with van der Waals surface area (Å²) in [7, 11) is -4.25. The second-order valence-corrected chi connectivity index (χ2v) is 10.5. The minimum Gasteiger partial charge on any atom is -0.463 e. The zero-order chi connectivity index (χ0) is 26.2. The predicted octanol–water partition coefficient (Wildman–Crippen LogP) is 5.37. The fourth-order valence-electron chi connectivity index (χ4n) is 3.64. The van der Waals surface area contributed by atoms with Gasteiger partial charge in [-0.25, -0.2) is 4.68 Å². The Bertz CT molecular complexity index is 1560. The molecule has 0 radical (unpaired) electrons. The van der Waals surface area contributed by atoms with Crippen LogP contribution in [0.1, 0.15) is 12.1 Å². The van der Waals surface area contributed by atoms with E-state index in [9.17, 15) is 26.4 Å². The Morgan fingerprint density at radius 2 is 1.70 bits per heavy atom. The molecule has 0 saturated carbocycles. The topological polar surface area (TPSA) is 97.8 Å². The Morgan fingerprint density at radius 3 is 2.35 bits per heavy atom. The molecule has 0 unspecified atom stereocenters. The molecule has 4 aromatic rings. The molecule has 1 fully saturated rings. The lowest BCUT2D eigenvalue weighted by atomic mass is 10.2. The van der Waals surface area contributed by atoms with E-state index in [1.807, 2.05) is 0 Å². The lowest BCUT2D eigenvalue weighted by Gasteiger charge is -2.27. The van der Waals surface area contributed by atoms with Crippen molar-refractivity contribution in [3.05, 3.63) is 84.8 Å². The number of thioether (sulfide) groups is 1. The number of sulfonamides is 1. The van der Waals surface area contributed by atoms with E-state index >= 15 is 0 Å². The summed E-state index contributed by atoms with van der Waals surface area (Å²) in [6.07, 6.45) is -3.14. The molecule has 2 aromatic carbocycles. The monoisotopic (exact) mass is 546 g/mol. The van der Waals surface area contributed by atoms with Crippen molar-refractivity contribution >= 4 is 38.5 Å². The average Bonchev–Trinajstić information content (AvgIpc) is 3.55. The minimum absolute atomic E-state index is 0.0218. The number of carbonyl (C=O) groups excluding carboxylic acids is 1. The second kappa shape index (κ2) is 9.56. The van der Waals surface area contributed by atoms with Gasteiger partial charge >= 0.3 is 6.18 Å². The highest BCUT2D eigenvalue weighted by molar-refractivity contribution is 8.15. The molecule has 0 atom stereocenters. The van der Waals surface area contributed by atoms with Crippen LogP contribution in [0.3, 0.4) is 0 Å². The van der Waals surface area contributed by atoms with Crippen molar-refractivity contribution < 1.29 is 30.8 Å². The fourth-order valence-corrected chi connectivity index (χ4v) is 5.82. The predicted molar refractivity (Wildman–Crippen MR) is 132 cm³/mol. The van der Waals surface area contributed by atoms with Crippen molar-refractivity contribution in [2.75, 3.05) is 10.7 Å². The summed E-state index contributed by atoms with van der Waals surface area (Å²) in [6.45, 7) is 0. The maximum atomic E-state index is 13.3. The number of nitrogens with zero attached hydrogens (tertiary/aromatic N) is 4. The van der Waals surface area contributed by atoms with Crippen LogP contribution in [-0.2, 0) is 21.0 Å².